The molecule has 0 bridgehead atoms. The first-order valence-corrected chi connectivity index (χ1v) is 17.3. The van der Waals surface area contributed by atoms with Crippen molar-refractivity contribution in [3.8, 4) is 0 Å². The van der Waals surface area contributed by atoms with Gasteiger partial charge in [-0.15, -0.1) is 0 Å². The van der Waals surface area contributed by atoms with E-state index in [1.165, 1.54) is 18.9 Å². The number of likely N-dealkylation sites (N-methyl/N-ethyl adjacent to an activating group) is 1. The summed E-state index contributed by atoms with van der Waals surface area (Å²) in [6.07, 6.45) is -1.70. The van der Waals surface area contributed by atoms with Crippen molar-refractivity contribution in [3.63, 3.8) is 0 Å². The number of fused-ring (bicyclic) bond motifs is 2. The predicted molar refractivity (Wildman–Crippen MR) is 193 cm³/mol. The molecule has 0 saturated carbocycles. The molecule has 2 aliphatic heterocycles. The summed E-state index contributed by atoms with van der Waals surface area (Å²) >= 11 is 0. The number of likely N-dealkylation sites (tertiary alicyclic amines) is 2. The largest absolute Gasteiger partial charge is 0.465 e. The minimum atomic E-state index is -1.29. The van der Waals surface area contributed by atoms with E-state index < -0.39 is 65.4 Å². The van der Waals surface area contributed by atoms with Gasteiger partial charge in [-0.1, -0.05) is 87.5 Å². The van der Waals surface area contributed by atoms with Gasteiger partial charge in [-0.25, -0.2) is 9.59 Å². The molecule has 5 rings (SSSR count). The van der Waals surface area contributed by atoms with Gasteiger partial charge in [0.25, 0.3) is 0 Å². The standard InChI is InChI=1S/C38H46N6O8/c1-23(42(5)37(50)51)33(46)41-32(38(2,3)4)35(48)43-19-18-29-31(43)27(34(47)40-28-17-11-15-25-14-9-10-16-26(25)28)21-44(29)30(45)20-39-36(49)52-22-24-12-7-6-8-13-24/h6-17,23,27,29,31-32H,18-22H2,1-5H3,(H,39,49)(H,40,47)(H,41,46)(H,50,51). The van der Waals surface area contributed by atoms with E-state index in [0.29, 0.717) is 12.1 Å². The Morgan fingerprint density at radius 2 is 1.62 bits per heavy atom. The van der Waals surface area contributed by atoms with Crippen molar-refractivity contribution in [1.29, 1.82) is 0 Å². The van der Waals surface area contributed by atoms with Gasteiger partial charge < -0.3 is 35.6 Å². The number of alkyl carbamates (subject to hydrolysis) is 1. The number of amides is 6. The average Bonchev–Trinajstić information content (AvgIpc) is 3.72. The van der Waals surface area contributed by atoms with Crippen LogP contribution in [0.2, 0.25) is 0 Å². The lowest BCUT2D eigenvalue weighted by Gasteiger charge is -2.37. The summed E-state index contributed by atoms with van der Waals surface area (Å²) in [5.74, 6) is -2.76. The number of nitrogens with one attached hydrogen (secondary N) is 3. The SMILES string of the molecule is CC(C(=O)NC(C(=O)N1CCC2C1C(C(=O)Nc1cccc3ccccc13)CN2C(=O)CNC(=O)OCc1ccccc1)C(C)(C)C)N(C)C(=O)O. The number of nitrogens with zero attached hydrogens (tertiary/aromatic N) is 3. The van der Waals surface area contributed by atoms with Gasteiger partial charge in [0.2, 0.25) is 23.6 Å². The van der Waals surface area contributed by atoms with Crippen molar-refractivity contribution in [2.45, 2.75) is 64.9 Å². The summed E-state index contributed by atoms with van der Waals surface area (Å²) in [5, 5.41) is 19.5. The summed E-state index contributed by atoms with van der Waals surface area (Å²) < 4.78 is 5.26. The molecule has 2 fully saturated rings. The van der Waals surface area contributed by atoms with Crippen LogP contribution in [0.15, 0.2) is 72.8 Å². The molecule has 3 aromatic rings. The molecular formula is C38H46N6O8. The van der Waals surface area contributed by atoms with Crippen LogP contribution in [-0.2, 0) is 30.5 Å². The molecule has 52 heavy (non-hydrogen) atoms. The summed E-state index contributed by atoms with van der Waals surface area (Å²) in [5.41, 5.74) is 0.570. The second kappa shape index (κ2) is 15.7. The summed E-state index contributed by atoms with van der Waals surface area (Å²) in [7, 11) is 1.27. The van der Waals surface area contributed by atoms with Crippen LogP contribution >= 0.6 is 0 Å². The molecule has 14 nitrogen and oxygen atoms in total. The van der Waals surface area contributed by atoms with Crippen LogP contribution < -0.4 is 16.0 Å². The third-order valence-electron chi connectivity index (χ3n) is 9.87. The van der Waals surface area contributed by atoms with E-state index in [2.05, 4.69) is 16.0 Å². The quantitative estimate of drug-likeness (QED) is 0.246. The van der Waals surface area contributed by atoms with Gasteiger partial charge in [0.15, 0.2) is 0 Å². The van der Waals surface area contributed by atoms with Crippen LogP contribution in [-0.4, -0.2) is 106 Å². The van der Waals surface area contributed by atoms with Crippen molar-refractivity contribution in [2.75, 3.05) is 32.0 Å². The Labute approximate surface area is 302 Å². The maximum absolute atomic E-state index is 14.5. The van der Waals surface area contributed by atoms with Gasteiger partial charge in [0.1, 0.15) is 25.2 Å². The number of ether oxygens (including phenoxy) is 1. The van der Waals surface area contributed by atoms with E-state index in [4.69, 9.17) is 4.74 Å². The molecule has 6 amide bonds. The van der Waals surface area contributed by atoms with E-state index >= 15 is 0 Å². The van der Waals surface area contributed by atoms with E-state index in [0.717, 1.165) is 21.2 Å². The Hall–Kier alpha value is -5.66. The van der Waals surface area contributed by atoms with Crippen LogP contribution in [0.1, 0.15) is 39.7 Å². The van der Waals surface area contributed by atoms with E-state index in [-0.39, 0.29) is 32.1 Å². The monoisotopic (exact) mass is 714 g/mol. The third kappa shape index (κ3) is 8.27. The molecule has 0 spiro atoms. The van der Waals surface area contributed by atoms with Crippen LogP contribution in [0.5, 0.6) is 0 Å². The van der Waals surface area contributed by atoms with E-state index in [1.807, 2.05) is 66.7 Å². The number of hydrogen-bond acceptors (Lipinski definition) is 7. The van der Waals surface area contributed by atoms with Crippen molar-refractivity contribution in [1.82, 2.24) is 25.3 Å². The number of benzene rings is 3. The van der Waals surface area contributed by atoms with Crippen molar-refractivity contribution in [2.24, 2.45) is 11.3 Å². The molecule has 0 radical (unpaired) electrons. The lowest BCUT2D eigenvalue weighted by atomic mass is 9.85. The normalized spacial score (nSPS) is 19.3. The lowest BCUT2D eigenvalue weighted by Crippen LogP contribution is -2.60. The fourth-order valence-corrected chi connectivity index (χ4v) is 6.86. The van der Waals surface area contributed by atoms with Gasteiger partial charge in [-0.2, -0.15) is 0 Å². The lowest BCUT2D eigenvalue weighted by molar-refractivity contribution is -0.142. The Bertz CT molecular complexity index is 1820. The Kier molecular flexibility index (Phi) is 11.4. The second-order valence-corrected chi connectivity index (χ2v) is 14.3. The minimum Gasteiger partial charge on any atom is -0.465 e. The fraction of sp³-hybridized carbons (Fsp3) is 0.421. The van der Waals surface area contributed by atoms with Crippen LogP contribution in [0, 0.1) is 11.3 Å². The molecule has 2 aliphatic rings. The molecule has 3 aromatic carbocycles. The highest BCUT2D eigenvalue weighted by atomic mass is 16.5. The maximum atomic E-state index is 14.5. The van der Waals surface area contributed by atoms with E-state index in [9.17, 15) is 33.9 Å². The van der Waals surface area contributed by atoms with Gasteiger partial charge in [-0.3, -0.25) is 24.1 Å². The summed E-state index contributed by atoms with van der Waals surface area (Å²) in [6.45, 7) is 6.63. The summed E-state index contributed by atoms with van der Waals surface area (Å²) in [4.78, 5) is 83.5. The minimum absolute atomic E-state index is 0.0116. The highest BCUT2D eigenvalue weighted by Gasteiger charge is 2.55. The van der Waals surface area contributed by atoms with Crippen LogP contribution in [0.3, 0.4) is 0 Å². The van der Waals surface area contributed by atoms with Crippen LogP contribution in [0.25, 0.3) is 10.8 Å². The molecule has 0 aromatic heterocycles. The molecule has 5 unspecified atom stereocenters. The number of carboxylic acid groups (broad SMARTS) is 1. The van der Waals surface area contributed by atoms with Crippen molar-refractivity contribution in [3.05, 3.63) is 78.4 Å². The Morgan fingerprint density at radius 3 is 2.31 bits per heavy atom. The first kappa shape index (κ1) is 37.6. The molecule has 0 aliphatic carbocycles. The maximum Gasteiger partial charge on any atom is 0.407 e. The zero-order valence-corrected chi connectivity index (χ0v) is 30.0. The molecular weight excluding hydrogens is 668 g/mol. The molecule has 5 atom stereocenters. The number of rotatable bonds is 10. The van der Waals surface area contributed by atoms with Gasteiger partial charge in [-0.05, 0) is 35.8 Å². The molecule has 14 heteroatoms. The van der Waals surface area contributed by atoms with Gasteiger partial charge in [0, 0.05) is 31.2 Å². The number of hydrogen-bond donors (Lipinski definition) is 4. The zero-order valence-electron chi connectivity index (χ0n) is 30.0. The fourth-order valence-electron chi connectivity index (χ4n) is 6.86. The van der Waals surface area contributed by atoms with E-state index in [1.54, 1.807) is 31.7 Å². The highest BCUT2D eigenvalue weighted by molar-refractivity contribution is 6.04. The van der Waals surface area contributed by atoms with Crippen molar-refractivity contribution >= 4 is 52.3 Å². The van der Waals surface area contributed by atoms with Gasteiger partial charge >= 0.3 is 12.2 Å². The summed E-state index contributed by atoms with van der Waals surface area (Å²) in [6, 6.07) is 18.8. The number of anilines is 1. The first-order chi connectivity index (χ1) is 24.7. The molecule has 2 heterocycles. The number of carbonyl (C=O) groups is 6. The molecule has 4 N–H and O–H groups in total. The average molecular weight is 715 g/mol. The molecule has 2 saturated heterocycles. The van der Waals surface area contributed by atoms with Gasteiger partial charge in [0.05, 0.1) is 18.0 Å². The number of carbonyl (C=O) groups excluding carboxylic acids is 5. The highest BCUT2D eigenvalue weighted by Crippen LogP contribution is 2.38. The Morgan fingerprint density at radius 1 is 0.942 bits per heavy atom. The topological polar surface area (TPSA) is 178 Å². The Balaban J connectivity index is 1.38. The van der Waals surface area contributed by atoms with Crippen LogP contribution in [0.4, 0.5) is 15.3 Å². The van der Waals surface area contributed by atoms with Crippen molar-refractivity contribution < 1.29 is 38.6 Å². The predicted octanol–water partition coefficient (Wildman–Crippen LogP) is 3.66. The molecule has 276 valence electrons. The second-order valence-electron chi connectivity index (χ2n) is 14.3. The smallest absolute Gasteiger partial charge is 0.407 e. The first-order valence-electron chi connectivity index (χ1n) is 17.3. The third-order valence-corrected chi connectivity index (χ3v) is 9.87. The zero-order chi connectivity index (χ0) is 37.7.